The van der Waals surface area contributed by atoms with Gasteiger partial charge in [-0.2, -0.15) is 0 Å². The molecule has 0 spiro atoms. The van der Waals surface area contributed by atoms with Crippen LogP contribution in [0.15, 0.2) is 53.4 Å². The summed E-state index contributed by atoms with van der Waals surface area (Å²) in [6, 6.07) is 12.8. The van der Waals surface area contributed by atoms with Crippen LogP contribution in [0.25, 0.3) is 0 Å². The molecule has 0 saturated heterocycles. The predicted octanol–water partition coefficient (Wildman–Crippen LogP) is 4.63. The monoisotopic (exact) mass is 464 g/mol. The molecule has 3 rings (SSSR count). The van der Waals surface area contributed by atoms with Crippen molar-refractivity contribution in [1.82, 2.24) is 5.32 Å². The highest BCUT2D eigenvalue weighted by Gasteiger charge is 2.37. The number of benzene rings is 2. The van der Waals surface area contributed by atoms with Crippen LogP contribution in [0, 0.1) is 5.92 Å². The Bertz CT molecular complexity index is 995. The van der Waals surface area contributed by atoms with E-state index < -0.39 is 16.1 Å². The average molecular weight is 465 g/mol. The Hall–Kier alpha value is -2.25. The summed E-state index contributed by atoms with van der Waals surface area (Å²) in [7, 11) is -3.89. The topological polar surface area (TPSA) is 75.7 Å². The quantitative estimate of drug-likeness (QED) is 0.587. The van der Waals surface area contributed by atoms with Gasteiger partial charge in [0.1, 0.15) is 5.75 Å². The number of carbonyl (C=O) groups is 1. The van der Waals surface area contributed by atoms with Gasteiger partial charge in [-0.1, -0.05) is 56.8 Å². The van der Waals surface area contributed by atoms with Crippen molar-refractivity contribution >= 4 is 33.2 Å². The largest absolute Gasteiger partial charge is 0.476 e. The Labute approximate surface area is 189 Å². The van der Waals surface area contributed by atoms with Gasteiger partial charge in [-0.05, 0) is 48.7 Å². The van der Waals surface area contributed by atoms with Crippen LogP contribution < -0.4 is 14.4 Å². The Kier molecular flexibility index (Phi) is 7.84. The lowest BCUT2D eigenvalue weighted by Gasteiger charge is -2.35. The molecular formula is C23H29ClN2O4S. The number of halogens is 1. The van der Waals surface area contributed by atoms with E-state index in [9.17, 15) is 13.2 Å². The van der Waals surface area contributed by atoms with E-state index in [1.54, 1.807) is 24.3 Å². The van der Waals surface area contributed by atoms with E-state index in [1.165, 1.54) is 28.6 Å². The highest BCUT2D eigenvalue weighted by Crippen LogP contribution is 2.37. The zero-order valence-corrected chi connectivity index (χ0v) is 19.5. The van der Waals surface area contributed by atoms with Crippen LogP contribution in [0.1, 0.15) is 39.5 Å². The van der Waals surface area contributed by atoms with Crippen molar-refractivity contribution in [2.45, 2.75) is 50.5 Å². The Morgan fingerprint density at radius 1 is 1.19 bits per heavy atom. The smallest absolute Gasteiger partial charge is 0.264 e. The van der Waals surface area contributed by atoms with Crippen LogP contribution >= 0.6 is 11.6 Å². The van der Waals surface area contributed by atoms with Crippen LogP contribution in [0.5, 0.6) is 5.75 Å². The second-order valence-corrected chi connectivity index (χ2v) is 10.0. The number of para-hydroxylation sites is 2. The lowest BCUT2D eigenvalue weighted by Crippen LogP contribution is -2.51. The molecule has 0 fully saturated rings. The van der Waals surface area contributed by atoms with Crippen molar-refractivity contribution in [2.24, 2.45) is 5.92 Å². The van der Waals surface area contributed by atoms with Gasteiger partial charge in [0, 0.05) is 11.6 Å². The number of unbranched alkanes of at least 4 members (excludes halogenated alkanes) is 1. The first kappa shape index (κ1) is 23.4. The summed E-state index contributed by atoms with van der Waals surface area (Å²) in [5.41, 5.74) is 0.413. The minimum absolute atomic E-state index is 0.0977. The lowest BCUT2D eigenvalue weighted by atomic mass is 9.99. The molecule has 6 nitrogen and oxygen atoms in total. The Balaban J connectivity index is 1.81. The van der Waals surface area contributed by atoms with Gasteiger partial charge in [-0.15, -0.1) is 0 Å². The summed E-state index contributed by atoms with van der Waals surface area (Å²) in [4.78, 5) is 13.0. The van der Waals surface area contributed by atoms with E-state index >= 15 is 0 Å². The van der Waals surface area contributed by atoms with Gasteiger partial charge in [0.25, 0.3) is 15.9 Å². The first-order valence-corrected chi connectivity index (χ1v) is 12.5. The third kappa shape index (κ3) is 5.52. The van der Waals surface area contributed by atoms with Crippen LogP contribution in [-0.4, -0.2) is 33.5 Å². The highest BCUT2D eigenvalue weighted by atomic mass is 35.5. The van der Waals surface area contributed by atoms with E-state index in [-0.39, 0.29) is 17.3 Å². The molecule has 0 aromatic heterocycles. The van der Waals surface area contributed by atoms with E-state index in [2.05, 4.69) is 19.2 Å². The predicted molar refractivity (Wildman–Crippen MR) is 123 cm³/mol. The van der Waals surface area contributed by atoms with Crippen LogP contribution in [-0.2, 0) is 14.8 Å². The molecule has 168 valence electrons. The molecule has 2 aromatic rings. The lowest BCUT2D eigenvalue weighted by molar-refractivity contribution is -0.127. The van der Waals surface area contributed by atoms with Crippen molar-refractivity contribution in [1.29, 1.82) is 0 Å². The van der Waals surface area contributed by atoms with Crippen molar-refractivity contribution < 1.29 is 17.9 Å². The van der Waals surface area contributed by atoms with Gasteiger partial charge in [0.2, 0.25) is 0 Å². The molecule has 0 radical (unpaired) electrons. The fraction of sp³-hybridized carbons (Fsp3) is 0.435. The molecule has 1 aliphatic heterocycles. The number of carbonyl (C=O) groups excluding carboxylic acids is 1. The number of fused-ring (bicyclic) bond motifs is 1. The number of nitrogens with zero attached hydrogens (tertiary/aromatic N) is 1. The molecule has 0 saturated carbocycles. The van der Waals surface area contributed by atoms with Crippen molar-refractivity contribution in [3.8, 4) is 5.75 Å². The number of nitrogens with one attached hydrogen (secondary N) is 1. The molecule has 0 bridgehead atoms. The SMILES string of the molecule is CCCC[C@H](CC)CNC(=O)[C@@H]1CN(S(=O)(=O)c2ccc(Cl)cc2)c2ccccc2O1. The molecule has 1 heterocycles. The zero-order valence-electron chi connectivity index (χ0n) is 17.9. The summed E-state index contributed by atoms with van der Waals surface area (Å²) >= 11 is 5.92. The molecule has 0 aliphatic carbocycles. The molecular weight excluding hydrogens is 436 g/mol. The molecule has 8 heteroatoms. The van der Waals surface area contributed by atoms with Crippen LogP contribution in [0.4, 0.5) is 5.69 Å². The summed E-state index contributed by atoms with van der Waals surface area (Å²) in [5, 5.41) is 3.41. The van der Waals surface area contributed by atoms with E-state index in [4.69, 9.17) is 16.3 Å². The Morgan fingerprint density at radius 3 is 2.58 bits per heavy atom. The second kappa shape index (κ2) is 10.4. The maximum absolute atomic E-state index is 13.4. The molecule has 1 aliphatic rings. The van der Waals surface area contributed by atoms with Gasteiger partial charge in [-0.25, -0.2) is 8.42 Å². The number of anilines is 1. The third-order valence-corrected chi connectivity index (χ3v) is 7.58. The highest BCUT2D eigenvalue weighted by molar-refractivity contribution is 7.92. The molecule has 2 atom stereocenters. The van der Waals surface area contributed by atoms with E-state index in [0.29, 0.717) is 28.9 Å². The van der Waals surface area contributed by atoms with Gasteiger partial charge >= 0.3 is 0 Å². The summed E-state index contributed by atoms with van der Waals surface area (Å²) in [5.74, 6) is 0.457. The fourth-order valence-electron chi connectivity index (χ4n) is 3.60. The fourth-order valence-corrected chi connectivity index (χ4v) is 5.20. The second-order valence-electron chi connectivity index (χ2n) is 7.73. The molecule has 31 heavy (non-hydrogen) atoms. The van der Waals surface area contributed by atoms with Gasteiger partial charge in [0.05, 0.1) is 17.1 Å². The minimum Gasteiger partial charge on any atom is -0.476 e. The molecule has 2 aromatic carbocycles. The van der Waals surface area contributed by atoms with Crippen molar-refractivity contribution in [3.05, 3.63) is 53.6 Å². The number of rotatable bonds is 9. The van der Waals surface area contributed by atoms with Gasteiger partial charge in [0.15, 0.2) is 6.10 Å². The summed E-state index contributed by atoms with van der Waals surface area (Å²) in [6.07, 6.45) is 3.34. The number of hydrogen-bond acceptors (Lipinski definition) is 4. The zero-order chi connectivity index (χ0) is 22.4. The van der Waals surface area contributed by atoms with Crippen LogP contribution in [0.3, 0.4) is 0 Å². The standard InChI is InChI=1S/C23H29ClN2O4S/c1-3-5-8-17(4-2)15-25-23(27)22-16-26(20-9-6-7-10-21(20)30-22)31(28,29)19-13-11-18(24)12-14-19/h6-7,9-14,17,22H,3-5,8,15-16H2,1-2H3,(H,25,27)/t17-,22-/m0/s1. The van der Waals surface area contributed by atoms with Crippen molar-refractivity contribution in [3.63, 3.8) is 0 Å². The number of amides is 1. The first-order chi connectivity index (χ1) is 14.9. The van der Waals surface area contributed by atoms with E-state index in [0.717, 1.165) is 25.7 Å². The normalized spacial score (nSPS) is 16.9. The van der Waals surface area contributed by atoms with E-state index in [1.807, 2.05) is 0 Å². The summed E-state index contributed by atoms with van der Waals surface area (Å²) in [6.45, 7) is 4.72. The van der Waals surface area contributed by atoms with Gasteiger partial charge < -0.3 is 10.1 Å². The average Bonchev–Trinajstić information content (AvgIpc) is 2.78. The number of ether oxygens (including phenoxy) is 1. The maximum atomic E-state index is 13.4. The minimum atomic E-state index is -3.89. The molecule has 0 unspecified atom stereocenters. The van der Waals surface area contributed by atoms with Crippen LogP contribution in [0.2, 0.25) is 5.02 Å². The maximum Gasteiger partial charge on any atom is 0.264 e. The first-order valence-electron chi connectivity index (χ1n) is 10.7. The molecule has 1 amide bonds. The number of sulfonamides is 1. The summed E-state index contributed by atoms with van der Waals surface area (Å²) < 4.78 is 33.8. The van der Waals surface area contributed by atoms with Gasteiger partial charge in [-0.3, -0.25) is 9.10 Å². The third-order valence-electron chi connectivity index (χ3n) is 5.54. The Morgan fingerprint density at radius 2 is 1.90 bits per heavy atom. The molecule has 1 N–H and O–H groups in total. The van der Waals surface area contributed by atoms with Crippen molar-refractivity contribution in [2.75, 3.05) is 17.4 Å². The number of hydrogen-bond donors (Lipinski definition) is 1.